The van der Waals surface area contributed by atoms with E-state index in [0.717, 1.165) is 44.3 Å². The normalized spacial score (nSPS) is 14.6. The standard InChI is InChI=1S/C28H54O2S.Sn.H/c1-4-7-10-11-12-13-14-15-16-17-18-19-20-22-26(21-8-5-2)28(24-25-31,27(29)30)23-9-6-3;;/h15-16,26,31H,4-14,17-25H2,1-3H3,(H,29,30);;/q;+1;/p-1/b16-15-;;. The Morgan fingerprint density at radius 1 is 0.781 bits per heavy atom. The number of carboxylic acids is 1. The number of unbranched alkanes of at least 4 members (excludes halogenated alkanes) is 11. The summed E-state index contributed by atoms with van der Waals surface area (Å²) in [7, 11) is 1.93. The molecule has 188 valence electrons. The van der Waals surface area contributed by atoms with Gasteiger partial charge in [-0.1, -0.05) is 39.0 Å². The molecule has 0 bridgehead atoms. The summed E-state index contributed by atoms with van der Waals surface area (Å²) in [5.41, 5.74) is -0.488. The summed E-state index contributed by atoms with van der Waals surface area (Å²) in [5, 5.41) is 10.3. The summed E-state index contributed by atoms with van der Waals surface area (Å²) < 4.78 is 0. The number of rotatable bonds is 24. The molecule has 0 fully saturated rings. The van der Waals surface area contributed by atoms with Gasteiger partial charge >= 0.3 is 166 Å². The minimum atomic E-state index is -0.515. The maximum absolute atomic E-state index is 12.6. The quantitative estimate of drug-likeness (QED) is 0.0711. The number of hydrogen-bond acceptors (Lipinski definition) is 2. The van der Waals surface area contributed by atoms with Crippen LogP contribution in [0.3, 0.4) is 0 Å². The van der Waals surface area contributed by atoms with Crippen LogP contribution in [-0.2, 0) is 4.79 Å². The average molecular weight is 574 g/mol. The van der Waals surface area contributed by atoms with E-state index in [1.807, 2.05) is 8.95 Å². The van der Waals surface area contributed by atoms with Gasteiger partial charge in [-0.2, -0.15) is 0 Å². The molecule has 0 heterocycles. The van der Waals surface area contributed by atoms with Crippen LogP contribution in [0.15, 0.2) is 12.2 Å². The molecule has 0 rings (SSSR count). The molecular weight excluding hydrogens is 519 g/mol. The van der Waals surface area contributed by atoms with Gasteiger partial charge in [-0.3, -0.25) is 0 Å². The number of aliphatic carboxylic acids is 1. The Bertz CT molecular complexity index is 445. The van der Waals surface area contributed by atoms with Crippen molar-refractivity contribution >= 4 is 36.1 Å². The monoisotopic (exact) mass is 574 g/mol. The molecule has 0 saturated heterocycles. The molecule has 0 spiro atoms. The Kier molecular flexibility index (Phi) is 23.4. The molecule has 32 heavy (non-hydrogen) atoms. The molecule has 0 saturated carbocycles. The van der Waals surface area contributed by atoms with Gasteiger partial charge in [0.1, 0.15) is 0 Å². The molecular formula is C28H54O2SSn. The van der Waals surface area contributed by atoms with Crippen molar-refractivity contribution in [2.75, 3.05) is 5.75 Å². The molecule has 0 aliphatic heterocycles. The molecule has 0 aromatic heterocycles. The van der Waals surface area contributed by atoms with Crippen molar-refractivity contribution < 1.29 is 9.90 Å². The Morgan fingerprint density at radius 2 is 1.31 bits per heavy atom. The van der Waals surface area contributed by atoms with Gasteiger partial charge in [0.25, 0.3) is 0 Å². The van der Waals surface area contributed by atoms with Crippen molar-refractivity contribution in [2.45, 2.75) is 143 Å². The van der Waals surface area contributed by atoms with Crippen LogP contribution in [0.25, 0.3) is 0 Å². The molecule has 0 amide bonds. The second-order valence-electron chi connectivity index (χ2n) is 9.69. The minimum absolute atomic E-state index is 0.350. The van der Waals surface area contributed by atoms with Crippen molar-refractivity contribution in [1.29, 1.82) is 0 Å². The summed E-state index contributed by atoms with van der Waals surface area (Å²) >= 11 is 1.17. The third kappa shape index (κ3) is 15.3. The summed E-state index contributed by atoms with van der Waals surface area (Å²) in [6.07, 6.45) is 27.5. The van der Waals surface area contributed by atoms with Crippen LogP contribution < -0.4 is 0 Å². The second kappa shape index (κ2) is 23.1. The topological polar surface area (TPSA) is 37.3 Å². The Hall–Kier alpha value is 0.359. The molecule has 2 nitrogen and oxygen atoms in total. The third-order valence-electron chi connectivity index (χ3n) is 7.07. The van der Waals surface area contributed by atoms with E-state index in [2.05, 4.69) is 32.9 Å². The van der Waals surface area contributed by atoms with Gasteiger partial charge in [-0.05, 0) is 12.8 Å². The SMILES string of the molecule is CCCCCCCC/C=C\CCCCCC(CCCC)C(CCCC)(CC[S][SnH])C(=O)O. The first-order valence-corrected chi connectivity index (χ1v) is 18.9. The van der Waals surface area contributed by atoms with E-state index in [4.69, 9.17) is 0 Å². The van der Waals surface area contributed by atoms with Crippen LogP contribution in [-0.4, -0.2) is 38.0 Å². The molecule has 1 N–H and O–H groups in total. The fraction of sp³-hybridized carbons (Fsp3) is 0.893. The van der Waals surface area contributed by atoms with E-state index in [1.165, 1.54) is 105 Å². The van der Waals surface area contributed by atoms with Crippen molar-refractivity contribution in [3.8, 4) is 0 Å². The van der Waals surface area contributed by atoms with Crippen LogP contribution >= 0.6 is 8.95 Å². The molecule has 0 aromatic rings. The predicted molar refractivity (Wildman–Crippen MR) is 147 cm³/mol. The van der Waals surface area contributed by atoms with E-state index in [0.29, 0.717) is 5.92 Å². The molecule has 0 aliphatic rings. The number of carboxylic acid groups (broad SMARTS) is 1. The summed E-state index contributed by atoms with van der Waals surface area (Å²) in [5.74, 6) is 0.853. The summed E-state index contributed by atoms with van der Waals surface area (Å²) in [6, 6.07) is 0. The van der Waals surface area contributed by atoms with E-state index in [9.17, 15) is 9.90 Å². The Balaban J connectivity index is 4.47. The molecule has 4 heteroatoms. The molecule has 0 aromatic carbocycles. The first-order valence-electron chi connectivity index (χ1n) is 13.8. The van der Waals surface area contributed by atoms with Crippen LogP contribution in [0.4, 0.5) is 0 Å². The first kappa shape index (κ1) is 32.4. The zero-order valence-corrected chi connectivity index (χ0v) is 25.8. The van der Waals surface area contributed by atoms with Gasteiger partial charge in [0, 0.05) is 0 Å². The molecule has 2 radical (unpaired) electrons. The van der Waals surface area contributed by atoms with E-state index in [1.54, 1.807) is 0 Å². The third-order valence-corrected chi connectivity index (χ3v) is 9.53. The molecule has 2 unspecified atom stereocenters. The van der Waals surface area contributed by atoms with E-state index in [-0.39, 0.29) is 0 Å². The number of allylic oxidation sites excluding steroid dienone is 2. The maximum atomic E-state index is 12.6. The zero-order chi connectivity index (χ0) is 23.9. The summed E-state index contributed by atoms with van der Waals surface area (Å²) in [4.78, 5) is 12.6. The van der Waals surface area contributed by atoms with Crippen molar-refractivity contribution in [3.05, 3.63) is 12.2 Å². The van der Waals surface area contributed by atoms with Gasteiger partial charge in [0.2, 0.25) is 0 Å². The van der Waals surface area contributed by atoms with Gasteiger partial charge in [-0.25, -0.2) is 0 Å². The van der Waals surface area contributed by atoms with Gasteiger partial charge < -0.3 is 0 Å². The van der Waals surface area contributed by atoms with Crippen molar-refractivity contribution in [1.82, 2.24) is 0 Å². The summed E-state index contributed by atoms with van der Waals surface area (Å²) in [6.45, 7) is 6.70. The fourth-order valence-corrected chi connectivity index (χ4v) is 6.40. The Morgan fingerprint density at radius 3 is 1.88 bits per heavy atom. The van der Waals surface area contributed by atoms with Crippen molar-refractivity contribution in [3.63, 3.8) is 0 Å². The second-order valence-corrected chi connectivity index (χ2v) is 13.3. The average Bonchev–Trinajstić information content (AvgIpc) is 2.79. The van der Waals surface area contributed by atoms with Crippen LogP contribution in [0, 0.1) is 11.3 Å². The fourth-order valence-electron chi connectivity index (χ4n) is 4.91. The van der Waals surface area contributed by atoms with Crippen LogP contribution in [0.5, 0.6) is 0 Å². The van der Waals surface area contributed by atoms with Gasteiger partial charge in [0.15, 0.2) is 0 Å². The van der Waals surface area contributed by atoms with Crippen LogP contribution in [0.1, 0.15) is 143 Å². The zero-order valence-electron chi connectivity index (χ0n) is 21.7. The molecule has 0 aliphatic carbocycles. The van der Waals surface area contributed by atoms with Gasteiger partial charge in [0.05, 0.1) is 0 Å². The molecule has 2 atom stereocenters. The Labute approximate surface area is 217 Å². The van der Waals surface area contributed by atoms with Crippen molar-refractivity contribution in [2.24, 2.45) is 11.3 Å². The van der Waals surface area contributed by atoms with Gasteiger partial charge in [-0.15, -0.1) is 0 Å². The van der Waals surface area contributed by atoms with Crippen LogP contribution in [0.2, 0.25) is 0 Å². The van der Waals surface area contributed by atoms with E-state index < -0.39 is 11.4 Å². The first-order chi connectivity index (χ1) is 15.6. The predicted octanol–water partition coefficient (Wildman–Crippen LogP) is 9.25. The van der Waals surface area contributed by atoms with E-state index >= 15 is 0 Å². The number of hydrogen-bond donors (Lipinski definition) is 1. The number of carbonyl (C=O) groups is 1.